The lowest BCUT2D eigenvalue weighted by atomic mass is 10.2. The number of rotatable bonds is 6. The molecule has 0 saturated carbocycles. The van der Waals surface area contributed by atoms with Crippen LogP contribution in [-0.2, 0) is 17.8 Å². The summed E-state index contributed by atoms with van der Waals surface area (Å²) in [6.07, 6.45) is 1.80. The Morgan fingerprint density at radius 1 is 1.37 bits per heavy atom. The number of hydrogen-bond donors (Lipinski definition) is 1. The molecule has 0 saturated heterocycles. The normalized spacial score (nSPS) is 11.3. The minimum Gasteiger partial charge on any atom is -0.550 e. The van der Waals surface area contributed by atoms with E-state index in [4.69, 9.17) is 0 Å². The summed E-state index contributed by atoms with van der Waals surface area (Å²) in [5.41, 5.74) is 2.38. The quantitative estimate of drug-likeness (QED) is 0.729. The van der Waals surface area contributed by atoms with E-state index in [9.17, 15) is 9.90 Å². The molecule has 2 rings (SSSR count). The van der Waals surface area contributed by atoms with Gasteiger partial charge in [-0.1, -0.05) is 6.07 Å². The number of aliphatic carboxylic acids is 1. The average Bonchev–Trinajstić information content (AvgIpc) is 2.72. The summed E-state index contributed by atoms with van der Waals surface area (Å²) < 4.78 is 1.98. The van der Waals surface area contributed by atoms with Crippen LogP contribution in [0.15, 0.2) is 24.4 Å². The van der Waals surface area contributed by atoms with Gasteiger partial charge in [-0.15, -0.1) is 0 Å². The molecule has 0 aliphatic rings. The molecule has 5 nitrogen and oxygen atoms in total. The van der Waals surface area contributed by atoms with Crippen LogP contribution in [0.1, 0.15) is 25.2 Å². The van der Waals surface area contributed by atoms with E-state index in [1.807, 2.05) is 28.8 Å². The first-order valence-electron chi connectivity index (χ1n) is 6.64. The van der Waals surface area contributed by atoms with Crippen molar-refractivity contribution in [2.24, 2.45) is 0 Å². The molecule has 0 fully saturated rings. The summed E-state index contributed by atoms with van der Waals surface area (Å²) in [6.45, 7) is 7.03. The fourth-order valence-corrected chi connectivity index (χ4v) is 2.30. The van der Waals surface area contributed by atoms with Crippen molar-refractivity contribution in [1.29, 1.82) is 0 Å². The molecule has 5 heteroatoms. The number of carboxylic acids is 1. The third kappa shape index (κ3) is 2.93. The standard InChI is InChI=1S/C14H19N3O2/c1-3-16(4-2)10-12-11(9-14(18)19)15-13-7-5-6-8-17(12)13/h5-8H,3-4,9-10H2,1-2H3,(H,18,19). The summed E-state index contributed by atoms with van der Waals surface area (Å²) in [4.78, 5) is 16.7. The van der Waals surface area contributed by atoms with Gasteiger partial charge < -0.3 is 14.8 Å². The van der Waals surface area contributed by atoms with E-state index in [1.54, 1.807) is 0 Å². The lowest BCUT2D eigenvalue weighted by Gasteiger charge is -2.16. The topological polar surface area (TPSA) is 61.9 Å². The summed E-state index contributed by atoms with van der Waals surface area (Å²) >= 11 is 0. The van der Waals surface area contributed by atoms with Gasteiger partial charge in [0.2, 0.25) is 0 Å². The third-order valence-electron chi connectivity index (χ3n) is 3.44. The Balaban J connectivity index is 2.44. The number of carbonyl (C=O) groups is 1. The molecular weight excluding hydrogens is 242 g/mol. The van der Waals surface area contributed by atoms with Crippen LogP contribution in [0.2, 0.25) is 0 Å². The lowest BCUT2D eigenvalue weighted by molar-refractivity contribution is -0.910. The Bertz CT molecular complexity index is 573. The molecule has 2 aromatic rings. The highest BCUT2D eigenvalue weighted by Crippen LogP contribution is 2.12. The van der Waals surface area contributed by atoms with Gasteiger partial charge in [-0.25, -0.2) is 4.98 Å². The minimum atomic E-state index is -1.08. The minimum absolute atomic E-state index is 0.127. The maximum atomic E-state index is 10.9. The van der Waals surface area contributed by atoms with Crippen LogP contribution in [0.5, 0.6) is 0 Å². The Hall–Kier alpha value is -1.88. The summed E-state index contributed by atoms with van der Waals surface area (Å²) in [5.74, 6) is -1.08. The molecule has 0 amide bonds. The second-order valence-corrected chi connectivity index (χ2v) is 4.62. The van der Waals surface area contributed by atoms with Crippen LogP contribution in [0.4, 0.5) is 0 Å². The SMILES string of the molecule is CC[NH+](CC)Cc1c(CC(=O)[O-])nc2ccccn12. The van der Waals surface area contributed by atoms with Crippen LogP contribution in [0.3, 0.4) is 0 Å². The van der Waals surface area contributed by atoms with E-state index in [2.05, 4.69) is 18.8 Å². The van der Waals surface area contributed by atoms with E-state index in [1.165, 1.54) is 4.90 Å². The number of fused-ring (bicyclic) bond motifs is 1. The maximum absolute atomic E-state index is 10.9. The molecule has 0 aromatic carbocycles. The predicted molar refractivity (Wildman–Crippen MR) is 69.7 cm³/mol. The number of hydrogen-bond acceptors (Lipinski definition) is 3. The Labute approximate surface area is 112 Å². The van der Waals surface area contributed by atoms with Gasteiger partial charge in [0.05, 0.1) is 18.8 Å². The number of nitrogens with one attached hydrogen (secondary N) is 1. The van der Waals surface area contributed by atoms with Crippen molar-refractivity contribution in [3.63, 3.8) is 0 Å². The molecule has 0 aliphatic heterocycles. The lowest BCUT2D eigenvalue weighted by Crippen LogP contribution is -3.10. The van der Waals surface area contributed by atoms with Gasteiger partial charge in [0.25, 0.3) is 0 Å². The highest BCUT2D eigenvalue weighted by Gasteiger charge is 2.16. The van der Waals surface area contributed by atoms with Crippen LogP contribution in [0.25, 0.3) is 5.65 Å². The summed E-state index contributed by atoms with van der Waals surface area (Å²) in [7, 11) is 0. The average molecular weight is 261 g/mol. The predicted octanol–water partition coefficient (Wildman–Crippen LogP) is -0.949. The van der Waals surface area contributed by atoms with E-state index in [0.717, 1.165) is 31.0 Å². The Morgan fingerprint density at radius 2 is 2.11 bits per heavy atom. The summed E-state index contributed by atoms with van der Waals surface area (Å²) in [6, 6.07) is 5.72. The molecule has 2 aromatic heterocycles. The van der Waals surface area contributed by atoms with Crippen LogP contribution < -0.4 is 10.0 Å². The molecule has 1 N–H and O–H groups in total. The third-order valence-corrected chi connectivity index (χ3v) is 3.44. The van der Waals surface area contributed by atoms with Crippen molar-refractivity contribution < 1.29 is 14.8 Å². The zero-order valence-electron chi connectivity index (χ0n) is 11.3. The highest BCUT2D eigenvalue weighted by molar-refractivity contribution is 5.68. The van der Waals surface area contributed by atoms with E-state index < -0.39 is 5.97 Å². The van der Waals surface area contributed by atoms with Gasteiger partial charge >= 0.3 is 0 Å². The van der Waals surface area contributed by atoms with Crippen molar-refractivity contribution in [3.8, 4) is 0 Å². The first-order chi connectivity index (χ1) is 9.15. The fraction of sp³-hybridized carbons (Fsp3) is 0.429. The molecule has 0 spiro atoms. The van der Waals surface area contributed by atoms with Crippen LogP contribution in [0, 0.1) is 0 Å². The van der Waals surface area contributed by atoms with Crippen LogP contribution >= 0.6 is 0 Å². The monoisotopic (exact) mass is 261 g/mol. The Kier molecular flexibility index (Phi) is 4.16. The van der Waals surface area contributed by atoms with Crippen molar-refractivity contribution in [2.75, 3.05) is 13.1 Å². The number of imidazole rings is 1. The van der Waals surface area contributed by atoms with E-state index in [-0.39, 0.29) is 6.42 Å². The number of pyridine rings is 1. The van der Waals surface area contributed by atoms with Gasteiger partial charge in [-0.05, 0) is 26.0 Å². The van der Waals surface area contributed by atoms with Crippen molar-refractivity contribution in [2.45, 2.75) is 26.8 Å². The van der Waals surface area contributed by atoms with Crippen molar-refractivity contribution in [3.05, 3.63) is 35.8 Å². The van der Waals surface area contributed by atoms with Gasteiger partial charge in [0.15, 0.2) is 0 Å². The number of aromatic nitrogens is 2. The zero-order chi connectivity index (χ0) is 13.8. The molecule has 19 heavy (non-hydrogen) atoms. The first kappa shape index (κ1) is 13.5. The fourth-order valence-electron chi connectivity index (χ4n) is 2.30. The van der Waals surface area contributed by atoms with Gasteiger partial charge in [-0.2, -0.15) is 0 Å². The number of carboxylic acid groups (broad SMARTS) is 1. The molecule has 0 atom stereocenters. The first-order valence-corrected chi connectivity index (χ1v) is 6.64. The number of carbonyl (C=O) groups excluding carboxylic acids is 1. The molecular formula is C14H19N3O2. The zero-order valence-corrected chi connectivity index (χ0v) is 11.3. The molecule has 0 unspecified atom stereocenters. The van der Waals surface area contributed by atoms with Gasteiger partial charge in [0.1, 0.15) is 17.9 Å². The van der Waals surface area contributed by atoms with Gasteiger partial charge in [0, 0.05) is 18.6 Å². The number of nitrogens with zero attached hydrogens (tertiary/aromatic N) is 2. The van der Waals surface area contributed by atoms with Gasteiger partial charge in [-0.3, -0.25) is 4.40 Å². The van der Waals surface area contributed by atoms with E-state index in [0.29, 0.717) is 5.69 Å². The number of quaternary nitrogens is 1. The Morgan fingerprint density at radius 3 is 2.74 bits per heavy atom. The second kappa shape index (κ2) is 5.84. The molecule has 0 aliphatic carbocycles. The molecule has 0 radical (unpaired) electrons. The largest absolute Gasteiger partial charge is 0.550 e. The highest BCUT2D eigenvalue weighted by atomic mass is 16.4. The smallest absolute Gasteiger partial charge is 0.137 e. The van der Waals surface area contributed by atoms with Crippen molar-refractivity contribution >= 4 is 11.6 Å². The maximum Gasteiger partial charge on any atom is 0.137 e. The molecule has 102 valence electrons. The molecule has 0 bridgehead atoms. The second-order valence-electron chi connectivity index (χ2n) is 4.62. The van der Waals surface area contributed by atoms with Crippen molar-refractivity contribution in [1.82, 2.24) is 9.38 Å². The summed E-state index contributed by atoms with van der Waals surface area (Å²) in [5, 5.41) is 10.9. The van der Waals surface area contributed by atoms with Crippen LogP contribution in [-0.4, -0.2) is 28.4 Å². The van der Waals surface area contributed by atoms with E-state index >= 15 is 0 Å². The molecule has 2 heterocycles.